The number of hydrogen-bond donors (Lipinski definition) is 2. The van der Waals surface area contributed by atoms with Gasteiger partial charge in [0.15, 0.2) is 5.13 Å². The minimum atomic E-state index is -0.602. The van der Waals surface area contributed by atoms with Crippen LogP contribution in [0.2, 0.25) is 5.02 Å². The summed E-state index contributed by atoms with van der Waals surface area (Å²) in [6, 6.07) is 12.2. The first-order valence-corrected chi connectivity index (χ1v) is 11.1. The molecule has 9 heteroatoms. The molecule has 0 saturated heterocycles. The number of nitrogens with zero attached hydrogens (tertiary/aromatic N) is 2. The van der Waals surface area contributed by atoms with Crippen LogP contribution in [0.15, 0.2) is 47.8 Å². The molecule has 2 aromatic carbocycles. The second kappa shape index (κ2) is 8.37. The number of amides is 3. The smallest absolute Gasteiger partial charge is 0.251 e. The maximum absolute atomic E-state index is 12.5. The van der Waals surface area contributed by atoms with Crippen LogP contribution in [0.25, 0.3) is 11.3 Å². The molecule has 1 aliphatic rings. The molecule has 3 amide bonds. The highest BCUT2D eigenvalue weighted by Crippen LogP contribution is 2.42. The standard InChI is InChI=1S/C23H21ClN4O3S/c1-23(2)16-10-14(6-9-18(16)28(3)21(23)31)17-12-32-22(26-17)27-19(29)11-25-20(30)13-4-7-15(24)8-5-13/h4-10,12H,11H2,1-3H3,(H,25,30)(H,26,27,29). The molecular formula is C23H21ClN4O3S. The summed E-state index contributed by atoms with van der Waals surface area (Å²) in [6.45, 7) is 3.64. The van der Waals surface area contributed by atoms with E-state index in [0.29, 0.717) is 21.4 Å². The van der Waals surface area contributed by atoms with Gasteiger partial charge >= 0.3 is 0 Å². The normalized spacial score (nSPS) is 14.2. The van der Waals surface area contributed by atoms with Gasteiger partial charge in [-0.3, -0.25) is 14.4 Å². The van der Waals surface area contributed by atoms with Gasteiger partial charge < -0.3 is 15.5 Å². The summed E-state index contributed by atoms with van der Waals surface area (Å²) in [5.74, 6) is -0.691. The van der Waals surface area contributed by atoms with Crippen molar-refractivity contribution < 1.29 is 14.4 Å². The molecule has 4 rings (SSSR count). The molecule has 1 aromatic heterocycles. The maximum atomic E-state index is 12.5. The second-order valence-electron chi connectivity index (χ2n) is 8.00. The van der Waals surface area contributed by atoms with Crippen molar-refractivity contribution in [2.45, 2.75) is 19.3 Å². The Morgan fingerprint density at radius 2 is 1.88 bits per heavy atom. The number of benzene rings is 2. The number of anilines is 2. The first kappa shape index (κ1) is 22.0. The molecule has 0 bridgehead atoms. The minimum Gasteiger partial charge on any atom is -0.343 e. The van der Waals surface area contributed by atoms with Gasteiger partial charge in [-0.05, 0) is 55.8 Å². The molecule has 3 aromatic rings. The largest absolute Gasteiger partial charge is 0.343 e. The van der Waals surface area contributed by atoms with Gasteiger partial charge in [-0.15, -0.1) is 11.3 Å². The Hall–Kier alpha value is -3.23. The number of fused-ring (bicyclic) bond motifs is 1. The Labute approximate surface area is 194 Å². The van der Waals surface area contributed by atoms with Gasteiger partial charge in [-0.2, -0.15) is 0 Å². The van der Waals surface area contributed by atoms with Crippen LogP contribution in [0, 0.1) is 0 Å². The van der Waals surface area contributed by atoms with Crippen molar-refractivity contribution in [1.29, 1.82) is 0 Å². The van der Waals surface area contributed by atoms with Crippen LogP contribution in [0.4, 0.5) is 10.8 Å². The third-order valence-electron chi connectivity index (χ3n) is 5.43. The van der Waals surface area contributed by atoms with Gasteiger partial charge in [-0.25, -0.2) is 4.98 Å². The van der Waals surface area contributed by atoms with Gasteiger partial charge in [-0.1, -0.05) is 17.7 Å². The Balaban J connectivity index is 1.41. The quantitative estimate of drug-likeness (QED) is 0.590. The number of hydrogen-bond acceptors (Lipinski definition) is 5. The molecule has 0 spiro atoms. The summed E-state index contributed by atoms with van der Waals surface area (Å²) in [7, 11) is 1.78. The van der Waals surface area contributed by atoms with E-state index in [0.717, 1.165) is 16.8 Å². The molecule has 0 fully saturated rings. The van der Waals surface area contributed by atoms with E-state index in [1.165, 1.54) is 11.3 Å². The first-order chi connectivity index (χ1) is 15.2. The molecule has 0 radical (unpaired) electrons. The van der Waals surface area contributed by atoms with E-state index in [-0.39, 0.29) is 24.3 Å². The fourth-order valence-corrected chi connectivity index (χ4v) is 4.49. The average Bonchev–Trinajstić information content (AvgIpc) is 3.30. The molecule has 1 aliphatic heterocycles. The molecule has 2 N–H and O–H groups in total. The Morgan fingerprint density at radius 1 is 1.16 bits per heavy atom. The van der Waals surface area contributed by atoms with E-state index in [1.807, 2.05) is 37.4 Å². The zero-order chi connectivity index (χ0) is 23.0. The van der Waals surface area contributed by atoms with Crippen molar-refractivity contribution in [1.82, 2.24) is 10.3 Å². The van der Waals surface area contributed by atoms with E-state index in [9.17, 15) is 14.4 Å². The highest BCUT2D eigenvalue weighted by atomic mass is 35.5. The van der Waals surface area contributed by atoms with Gasteiger partial charge in [0.1, 0.15) is 0 Å². The van der Waals surface area contributed by atoms with Crippen molar-refractivity contribution in [2.75, 3.05) is 23.8 Å². The average molecular weight is 469 g/mol. The minimum absolute atomic E-state index is 0.0523. The maximum Gasteiger partial charge on any atom is 0.251 e. The summed E-state index contributed by atoms with van der Waals surface area (Å²) in [6.07, 6.45) is 0. The predicted octanol–water partition coefficient (Wildman–Crippen LogP) is 4.09. The van der Waals surface area contributed by atoms with E-state index in [2.05, 4.69) is 15.6 Å². The van der Waals surface area contributed by atoms with E-state index in [4.69, 9.17) is 11.6 Å². The Bertz CT molecular complexity index is 1220. The lowest BCUT2D eigenvalue weighted by molar-refractivity contribution is -0.121. The molecule has 32 heavy (non-hydrogen) atoms. The van der Waals surface area contributed by atoms with Crippen LogP contribution in [0.5, 0.6) is 0 Å². The lowest BCUT2D eigenvalue weighted by Crippen LogP contribution is -2.33. The van der Waals surface area contributed by atoms with Crippen molar-refractivity contribution >= 4 is 51.5 Å². The molecular weight excluding hydrogens is 448 g/mol. The SMILES string of the molecule is CN1C(=O)C(C)(C)c2cc(-c3csc(NC(=O)CNC(=O)c4ccc(Cl)cc4)n3)ccc21. The number of likely N-dealkylation sites (N-methyl/N-ethyl adjacent to an activating group) is 1. The highest BCUT2D eigenvalue weighted by Gasteiger charge is 2.42. The number of aromatic nitrogens is 1. The molecule has 0 atom stereocenters. The first-order valence-electron chi connectivity index (χ1n) is 9.89. The molecule has 0 saturated carbocycles. The summed E-state index contributed by atoms with van der Waals surface area (Å²) < 4.78 is 0. The monoisotopic (exact) mass is 468 g/mol. The van der Waals surface area contributed by atoms with Crippen molar-refractivity contribution in [2.24, 2.45) is 0 Å². The van der Waals surface area contributed by atoms with Crippen LogP contribution >= 0.6 is 22.9 Å². The van der Waals surface area contributed by atoms with Gasteiger partial charge in [0.25, 0.3) is 5.91 Å². The number of carbonyl (C=O) groups is 3. The van der Waals surface area contributed by atoms with Gasteiger partial charge in [0.05, 0.1) is 17.7 Å². The summed E-state index contributed by atoms with van der Waals surface area (Å²) in [5, 5.41) is 8.08. The van der Waals surface area contributed by atoms with Gasteiger partial charge in [0, 0.05) is 34.3 Å². The van der Waals surface area contributed by atoms with E-state index < -0.39 is 5.41 Å². The number of carbonyl (C=O) groups excluding carboxylic acids is 3. The second-order valence-corrected chi connectivity index (χ2v) is 9.29. The molecule has 2 heterocycles. The van der Waals surface area contributed by atoms with Crippen LogP contribution in [0.1, 0.15) is 29.8 Å². The van der Waals surface area contributed by atoms with Crippen LogP contribution in [0.3, 0.4) is 0 Å². The molecule has 0 unspecified atom stereocenters. The number of halogens is 1. The summed E-state index contributed by atoms with van der Waals surface area (Å²) >= 11 is 7.11. The summed E-state index contributed by atoms with van der Waals surface area (Å²) in [5.41, 5.74) is 3.23. The molecule has 0 aliphatic carbocycles. The predicted molar refractivity (Wildman–Crippen MR) is 126 cm³/mol. The van der Waals surface area contributed by atoms with Crippen LogP contribution < -0.4 is 15.5 Å². The van der Waals surface area contributed by atoms with Crippen molar-refractivity contribution in [3.8, 4) is 11.3 Å². The number of thiazole rings is 1. The molecule has 164 valence electrons. The van der Waals surface area contributed by atoms with Gasteiger partial charge in [0.2, 0.25) is 11.8 Å². The van der Waals surface area contributed by atoms with Crippen molar-refractivity contribution in [3.63, 3.8) is 0 Å². The van der Waals surface area contributed by atoms with E-state index in [1.54, 1.807) is 36.2 Å². The number of nitrogens with one attached hydrogen (secondary N) is 2. The van der Waals surface area contributed by atoms with E-state index >= 15 is 0 Å². The van der Waals surface area contributed by atoms with Crippen LogP contribution in [-0.4, -0.2) is 36.3 Å². The fourth-order valence-electron chi connectivity index (χ4n) is 3.62. The Morgan fingerprint density at radius 3 is 2.59 bits per heavy atom. The Kier molecular flexibility index (Phi) is 5.75. The topological polar surface area (TPSA) is 91.4 Å². The summed E-state index contributed by atoms with van der Waals surface area (Å²) in [4.78, 5) is 43.0. The lowest BCUT2D eigenvalue weighted by Gasteiger charge is -2.16. The third-order valence-corrected chi connectivity index (χ3v) is 6.44. The lowest BCUT2D eigenvalue weighted by atomic mass is 9.85. The fraction of sp³-hybridized carbons (Fsp3) is 0.217. The highest BCUT2D eigenvalue weighted by molar-refractivity contribution is 7.14. The third kappa shape index (κ3) is 4.11. The van der Waals surface area contributed by atoms with Crippen molar-refractivity contribution in [3.05, 3.63) is 64.0 Å². The molecule has 7 nitrogen and oxygen atoms in total. The zero-order valence-electron chi connectivity index (χ0n) is 17.7. The number of rotatable bonds is 5. The van der Waals surface area contributed by atoms with Crippen LogP contribution in [-0.2, 0) is 15.0 Å². The zero-order valence-corrected chi connectivity index (χ0v) is 19.3.